The fourth-order valence-electron chi connectivity index (χ4n) is 4.45. The van der Waals surface area contributed by atoms with E-state index in [1.807, 2.05) is 30.3 Å². The predicted octanol–water partition coefficient (Wildman–Crippen LogP) is 4.41. The summed E-state index contributed by atoms with van der Waals surface area (Å²) < 4.78 is 11.4. The van der Waals surface area contributed by atoms with Gasteiger partial charge in [-0.2, -0.15) is 0 Å². The number of ether oxygens (including phenoxy) is 2. The van der Waals surface area contributed by atoms with Crippen LogP contribution in [0.3, 0.4) is 0 Å². The van der Waals surface area contributed by atoms with Crippen molar-refractivity contribution in [3.05, 3.63) is 95.6 Å². The maximum atomic E-state index is 10.6. The van der Waals surface area contributed by atoms with Gasteiger partial charge in [-0.3, -0.25) is 4.90 Å². The first-order chi connectivity index (χ1) is 16.7. The molecular weight excluding hydrogens is 424 g/mol. The SMILES string of the molecule is COc1ccc(C(O)CN2CCN(CCCOc3ccccc3Cc3ccccc3)CC2)cc1. The molecule has 0 spiro atoms. The van der Waals surface area contributed by atoms with Crippen molar-refractivity contribution in [2.45, 2.75) is 18.9 Å². The largest absolute Gasteiger partial charge is 0.497 e. The minimum atomic E-state index is -0.471. The second kappa shape index (κ2) is 12.6. The van der Waals surface area contributed by atoms with Crippen molar-refractivity contribution >= 4 is 0 Å². The smallest absolute Gasteiger partial charge is 0.122 e. The molecule has 5 heteroatoms. The molecule has 1 saturated heterocycles. The van der Waals surface area contributed by atoms with Crippen LogP contribution >= 0.6 is 0 Å². The van der Waals surface area contributed by atoms with Crippen molar-refractivity contribution in [2.75, 3.05) is 53.0 Å². The Bertz CT molecular complexity index is 986. The summed E-state index contributed by atoms with van der Waals surface area (Å²) in [5, 5.41) is 10.6. The van der Waals surface area contributed by atoms with Crippen molar-refractivity contribution in [1.82, 2.24) is 9.80 Å². The molecule has 1 aliphatic rings. The van der Waals surface area contributed by atoms with E-state index in [4.69, 9.17) is 9.47 Å². The zero-order valence-corrected chi connectivity index (χ0v) is 20.1. The molecule has 0 aliphatic carbocycles. The van der Waals surface area contributed by atoms with Crippen LogP contribution in [-0.2, 0) is 6.42 Å². The molecule has 1 aliphatic heterocycles. The molecule has 0 saturated carbocycles. The molecule has 1 atom stereocenters. The van der Waals surface area contributed by atoms with E-state index in [2.05, 4.69) is 58.3 Å². The van der Waals surface area contributed by atoms with E-state index in [1.165, 1.54) is 11.1 Å². The number of piperazine rings is 1. The number of para-hydroxylation sites is 1. The fraction of sp³-hybridized carbons (Fsp3) is 0.379. The van der Waals surface area contributed by atoms with Crippen molar-refractivity contribution in [1.29, 1.82) is 0 Å². The molecule has 5 nitrogen and oxygen atoms in total. The third-order valence-corrected chi connectivity index (χ3v) is 6.48. The summed E-state index contributed by atoms with van der Waals surface area (Å²) in [6.45, 7) is 6.45. The van der Waals surface area contributed by atoms with Gasteiger partial charge in [0.15, 0.2) is 0 Å². The van der Waals surface area contributed by atoms with E-state index in [0.29, 0.717) is 6.54 Å². The summed E-state index contributed by atoms with van der Waals surface area (Å²) in [5.41, 5.74) is 3.47. The Morgan fingerprint density at radius 2 is 1.50 bits per heavy atom. The normalized spacial score (nSPS) is 15.7. The third-order valence-electron chi connectivity index (χ3n) is 6.48. The fourth-order valence-corrected chi connectivity index (χ4v) is 4.45. The van der Waals surface area contributed by atoms with E-state index in [0.717, 1.165) is 69.2 Å². The van der Waals surface area contributed by atoms with Gasteiger partial charge in [-0.25, -0.2) is 0 Å². The maximum absolute atomic E-state index is 10.6. The maximum Gasteiger partial charge on any atom is 0.122 e. The lowest BCUT2D eigenvalue weighted by Gasteiger charge is -2.35. The Morgan fingerprint density at radius 1 is 0.824 bits per heavy atom. The van der Waals surface area contributed by atoms with Crippen LogP contribution in [0.4, 0.5) is 0 Å². The van der Waals surface area contributed by atoms with E-state index in [9.17, 15) is 5.11 Å². The molecule has 1 heterocycles. The summed E-state index contributed by atoms with van der Waals surface area (Å²) in [6.07, 6.45) is 1.43. The van der Waals surface area contributed by atoms with E-state index < -0.39 is 6.10 Å². The molecule has 1 fully saturated rings. The molecule has 1 N–H and O–H groups in total. The summed E-state index contributed by atoms with van der Waals surface area (Å²) >= 11 is 0. The highest BCUT2D eigenvalue weighted by Crippen LogP contribution is 2.22. The number of aliphatic hydroxyl groups excluding tert-OH is 1. The molecule has 0 amide bonds. The summed E-state index contributed by atoms with van der Waals surface area (Å²) in [5.74, 6) is 1.80. The molecule has 1 unspecified atom stereocenters. The van der Waals surface area contributed by atoms with Crippen LogP contribution in [0, 0.1) is 0 Å². The minimum absolute atomic E-state index is 0.471. The van der Waals surface area contributed by atoms with Gasteiger partial charge < -0.3 is 19.5 Å². The number of hydrogen-bond acceptors (Lipinski definition) is 5. The van der Waals surface area contributed by atoms with Gasteiger partial charge in [-0.05, 0) is 41.3 Å². The number of nitrogens with zero attached hydrogens (tertiary/aromatic N) is 2. The lowest BCUT2D eigenvalue weighted by molar-refractivity contribution is 0.0708. The molecule has 3 aromatic rings. The van der Waals surface area contributed by atoms with Crippen molar-refractivity contribution in [3.8, 4) is 11.5 Å². The molecule has 34 heavy (non-hydrogen) atoms. The van der Waals surface area contributed by atoms with Crippen LogP contribution in [0.25, 0.3) is 0 Å². The minimum Gasteiger partial charge on any atom is -0.497 e. The van der Waals surface area contributed by atoms with Crippen LogP contribution in [0.2, 0.25) is 0 Å². The molecule has 0 radical (unpaired) electrons. The van der Waals surface area contributed by atoms with Gasteiger partial charge in [0.2, 0.25) is 0 Å². The Kier molecular flexibility index (Phi) is 8.97. The Balaban J connectivity index is 1.15. The molecular formula is C29H36N2O3. The zero-order valence-electron chi connectivity index (χ0n) is 20.1. The number of aliphatic hydroxyl groups is 1. The lowest BCUT2D eigenvalue weighted by atomic mass is 10.0. The first kappa shape index (κ1) is 24.3. The van der Waals surface area contributed by atoms with Crippen LogP contribution in [0.15, 0.2) is 78.9 Å². The number of hydrogen-bond donors (Lipinski definition) is 1. The van der Waals surface area contributed by atoms with Gasteiger partial charge in [0.1, 0.15) is 11.5 Å². The lowest BCUT2D eigenvalue weighted by Crippen LogP contribution is -2.47. The van der Waals surface area contributed by atoms with Gasteiger partial charge in [0.25, 0.3) is 0 Å². The number of benzene rings is 3. The number of methoxy groups -OCH3 is 1. The highest BCUT2D eigenvalue weighted by molar-refractivity contribution is 5.37. The van der Waals surface area contributed by atoms with E-state index in [-0.39, 0.29) is 0 Å². The first-order valence-electron chi connectivity index (χ1n) is 12.2. The standard InChI is InChI=1S/C29H36N2O3/c1-33-27-14-12-25(13-15-27)28(32)23-31-19-17-30(18-20-31)16-7-21-34-29-11-6-5-10-26(29)22-24-8-3-2-4-9-24/h2-6,8-15,28,32H,7,16-23H2,1H3. The Labute approximate surface area is 203 Å². The van der Waals surface area contributed by atoms with Crippen molar-refractivity contribution < 1.29 is 14.6 Å². The first-order valence-corrected chi connectivity index (χ1v) is 12.2. The highest BCUT2D eigenvalue weighted by Gasteiger charge is 2.20. The quantitative estimate of drug-likeness (QED) is 0.430. The van der Waals surface area contributed by atoms with Crippen molar-refractivity contribution in [2.24, 2.45) is 0 Å². The average molecular weight is 461 g/mol. The zero-order chi connectivity index (χ0) is 23.6. The second-order valence-electron chi connectivity index (χ2n) is 8.90. The third kappa shape index (κ3) is 7.07. The highest BCUT2D eigenvalue weighted by atomic mass is 16.5. The molecule has 3 aromatic carbocycles. The van der Waals surface area contributed by atoms with Gasteiger partial charge in [0.05, 0.1) is 19.8 Å². The Morgan fingerprint density at radius 3 is 2.24 bits per heavy atom. The number of rotatable bonds is 11. The summed E-state index contributed by atoms with van der Waals surface area (Å²) in [4.78, 5) is 4.84. The molecule has 4 rings (SSSR count). The monoisotopic (exact) mass is 460 g/mol. The van der Waals surface area contributed by atoms with Crippen molar-refractivity contribution in [3.63, 3.8) is 0 Å². The summed E-state index contributed by atoms with van der Waals surface area (Å²) in [6, 6.07) is 26.6. The summed E-state index contributed by atoms with van der Waals surface area (Å²) in [7, 11) is 1.65. The van der Waals surface area contributed by atoms with Gasteiger partial charge in [0, 0.05) is 45.7 Å². The number of β-amino-alcohol motifs (C(OH)–C–C–N with tert-alkyl or cyclic N) is 1. The Hall–Kier alpha value is -2.86. The topological polar surface area (TPSA) is 45.2 Å². The molecule has 180 valence electrons. The van der Waals surface area contributed by atoms with Gasteiger partial charge >= 0.3 is 0 Å². The molecule has 0 bridgehead atoms. The van der Waals surface area contributed by atoms with Gasteiger partial charge in [-0.1, -0.05) is 60.7 Å². The predicted molar refractivity (Wildman–Crippen MR) is 137 cm³/mol. The second-order valence-corrected chi connectivity index (χ2v) is 8.90. The van der Waals surface area contributed by atoms with Crippen LogP contribution in [0.1, 0.15) is 29.2 Å². The van der Waals surface area contributed by atoms with Crippen LogP contribution in [0.5, 0.6) is 11.5 Å². The average Bonchev–Trinajstić information content (AvgIpc) is 2.89. The van der Waals surface area contributed by atoms with Crippen LogP contribution < -0.4 is 9.47 Å². The molecule has 0 aromatic heterocycles. The van der Waals surface area contributed by atoms with Crippen LogP contribution in [-0.4, -0.2) is 67.9 Å². The van der Waals surface area contributed by atoms with E-state index >= 15 is 0 Å². The van der Waals surface area contributed by atoms with Gasteiger partial charge in [-0.15, -0.1) is 0 Å². The van der Waals surface area contributed by atoms with E-state index in [1.54, 1.807) is 7.11 Å².